The maximum Gasteiger partial charge on any atom is 0.259 e. The zero-order valence-electron chi connectivity index (χ0n) is 22.7. The Bertz CT molecular complexity index is 1270. The van der Waals surface area contributed by atoms with E-state index in [1.807, 2.05) is 0 Å². The summed E-state index contributed by atoms with van der Waals surface area (Å²) in [4.78, 5) is 37.0. The van der Waals surface area contributed by atoms with E-state index >= 15 is 0 Å². The van der Waals surface area contributed by atoms with Crippen LogP contribution >= 0.6 is 0 Å². The van der Waals surface area contributed by atoms with Gasteiger partial charge in [-0.15, -0.1) is 0 Å². The van der Waals surface area contributed by atoms with Crippen LogP contribution in [0.5, 0.6) is 0 Å². The Morgan fingerprint density at radius 1 is 0.949 bits per heavy atom. The number of aromatic nitrogens is 1. The summed E-state index contributed by atoms with van der Waals surface area (Å²) in [6.07, 6.45) is 4.52. The molecule has 206 valence electrons. The number of hydrogen-bond donors (Lipinski definition) is 0. The third-order valence-electron chi connectivity index (χ3n) is 6.88. The average molecular weight is 535 g/mol. The van der Waals surface area contributed by atoms with E-state index in [0.29, 0.717) is 41.4 Å². The summed E-state index contributed by atoms with van der Waals surface area (Å²) in [5, 5.41) is 0. The van der Waals surface area contributed by atoms with Crippen LogP contribution in [-0.4, -0.2) is 59.3 Å². The van der Waals surface area contributed by atoms with Crippen molar-refractivity contribution < 1.29 is 18.4 Å². The maximum absolute atomic E-state index is 14.5. The molecule has 0 unspecified atom stereocenters. The van der Waals surface area contributed by atoms with E-state index in [1.165, 1.54) is 24.4 Å². The fraction of sp³-hybridized carbons (Fsp3) is 0.387. The van der Waals surface area contributed by atoms with E-state index in [0.717, 1.165) is 32.5 Å². The topological polar surface area (TPSA) is 56.8 Å². The standard InChI is InChI=1S/C31H36F2N4O2/c1-23(2)21-35-14-6-16-36(30(38)19-24-8-3-4-10-28(24)33)22-26-18-27(32)11-12-29(26)37(17-7-15-35)31(39)25-9-5-13-34-20-25/h3-5,8-13,18,20,23H,6-7,14-17,19,21-22H2,1-2H3. The molecule has 39 heavy (non-hydrogen) atoms. The molecule has 0 aliphatic carbocycles. The number of rotatable bonds is 5. The SMILES string of the molecule is CC(C)CN1CCCN(C(=O)Cc2ccccc2F)Cc2cc(F)ccc2N(C(=O)c2cccnc2)CCC1. The van der Waals surface area contributed by atoms with Gasteiger partial charge in [-0.3, -0.25) is 14.6 Å². The summed E-state index contributed by atoms with van der Waals surface area (Å²) in [6, 6.07) is 14.0. The summed E-state index contributed by atoms with van der Waals surface area (Å²) in [5.74, 6) is -0.878. The smallest absolute Gasteiger partial charge is 0.259 e. The van der Waals surface area contributed by atoms with Gasteiger partial charge in [0, 0.05) is 44.3 Å². The van der Waals surface area contributed by atoms with Crippen LogP contribution in [0.2, 0.25) is 0 Å². The van der Waals surface area contributed by atoms with Gasteiger partial charge in [-0.1, -0.05) is 32.0 Å². The van der Waals surface area contributed by atoms with Crippen molar-refractivity contribution in [1.82, 2.24) is 14.8 Å². The first-order valence-corrected chi connectivity index (χ1v) is 13.6. The quantitative estimate of drug-likeness (QED) is 0.444. The van der Waals surface area contributed by atoms with E-state index in [-0.39, 0.29) is 24.8 Å². The predicted molar refractivity (Wildman–Crippen MR) is 148 cm³/mol. The van der Waals surface area contributed by atoms with E-state index in [4.69, 9.17) is 0 Å². The van der Waals surface area contributed by atoms with E-state index in [1.54, 1.807) is 52.4 Å². The fourth-order valence-electron chi connectivity index (χ4n) is 5.08. The van der Waals surface area contributed by atoms with Crippen molar-refractivity contribution >= 4 is 17.5 Å². The van der Waals surface area contributed by atoms with Gasteiger partial charge in [0.1, 0.15) is 11.6 Å². The number of pyridine rings is 1. The molecule has 0 bridgehead atoms. The van der Waals surface area contributed by atoms with Gasteiger partial charge in [-0.2, -0.15) is 0 Å². The van der Waals surface area contributed by atoms with Crippen molar-refractivity contribution in [3.8, 4) is 0 Å². The Morgan fingerprint density at radius 3 is 2.44 bits per heavy atom. The molecule has 2 heterocycles. The van der Waals surface area contributed by atoms with Gasteiger partial charge >= 0.3 is 0 Å². The molecule has 1 aliphatic heterocycles. The molecule has 1 aromatic heterocycles. The number of hydrogen-bond acceptors (Lipinski definition) is 4. The summed E-state index contributed by atoms with van der Waals surface area (Å²) in [7, 11) is 0. The van der Waals surface area contributed by atoms with Gasteiger partial charge < -0.3 is 14.7 Å². The minimum Gasteiger partial charge on any atom is -0.338 e. The molecule has 0 atom stereocenters. The molecule has 0 fully saturated rings. The molecule has 4 rings (SSSR count). The third kappa shape index (κ3) is 7.69. The number of anilines is 1. The number of nitrogens with zero attached hydrogens (tertiary/aromatic N) is 4. The van der Waals surface area contributed by atoms with Crippen LogP contribution in [0, 0.1) is 17.6 Å². The van der Waals surface area contributed by atoms with Gasteiger partial charge in [0.25, 0.3) is 5.91 Å². The summed E-state index contributed by atoms with van der Waals surface area (Å²) in [6.45, 7) is 7.80. The molecule has 0 saturated carbocycles. The molecular formula is C31H36F2N4O2. The van der Waals surface area contributed by atoms with Crippen molar-refractivity contribution in [2.45, 2.75) is 39.7 Å². The highest BCUT2D eigenvalue weighted by Gasteiger charge is 2.25. The van der Waals surface area contributed by atoms with Crippen LogP contribution in [0.3, 0.4) is 0 Å². The molecule has 2 aromatic carbocycles. The Labute approximate surface area is 229 Å². The summed E-state index contributed by atoms with van der Waals surface area (Å²) in [5.41, 5.74) is 1.85. The normalized spacial score (nSPS) is 15.4. The molecule has 0 spiro atoms. The van der Waals surface area contributed by atoms with E-state index < -0.39 is 11.6 Å². The monoisotopic (exact) mass is 534 g/mol. The van der Waals surface area contributed by atoms with Crippen molar-refractivity contribution in [2.75, 3.05) is 37.6 Å². The van der Waals surface area contributed by atoms with Crippen LogP contribution in [0.25, 0.3) is 0 Å². The second-order valence-electron chi connectivity index (χ2n) is 10.5. The summed E-state index contributed by atoms with van der Waals surface area (Å²) < 4.78 is 28.9. The molecule has 2 amide bonds. The largest absolute Gasteiger partial charge is 0.338 e. The minimum atomic E-state index is -0.445. The number of fused-ring (bicyclic) bond motifs is 1. The second-order valence-corrected chi connectivity index (χ2v) is 10.5. The molecule has 1 aliphatic rings. The second kappa shape index (κ2) is 13.4. The van der Waals surface area contributed by atoms with Crippen molar-refractivity contribution in [3.63, 3.8) is 0 Å². The van der Waals surface area contributed by atoms with Gasteiger partial charge in [0.05, 0.1) is 12.0 Å². The lowest BCUT2D eigenvalue weighted by atomic mass is 10.1. The summed E-state index contributed by atoms with van der Waals surface area (Å²) >= 11 is 0. The Hall–Kier alpha value is -3.65. The lowest BCUT2D eigenvalue weighted by molar-refractivity contribution is -0.131. The lowest BCUT2D eigenvalue weighted by Crippen LogP contribution is -2.40. The molecule has 3 aromatic rings. The van der Waals surface area contributed by atoms with Crippen LogP contribution in [-0.2, 0) is 17.8 Å². The van der Waals surface area contributed by atoms with Crippen molar-refractivity contribution in [3.05, 3.63) is 95.3 Å². The Morgan fingerprint density at radius 2 is 1.72 bits per heavy atom. The van der Waals surface area contributed by atoms with Crippen molar-refractivity contribution in [2.24, 2.45) is 5.92 Å². The average Bonchev–Trinajstić information content (AvgIpc) is 2.91. The molecule has 6 nitrogen and oxygen atoms in total. The zero-order valence-corrected chi connectivity index (χ0v) is 22.7. The van der Waals surface area contributed by atoms with Crippen molar-refractivity contribution in [1.29, 1.82) is 0 Å². The number of benzene rings is 2. The fourth-order valence-corrected chi connectivity index (χ4v) is 5.08. The Kier molecular flexibility index (Phi) is 9.76. The first kappa shape index (κ1) is 28.4. The predicted octanol–water partition coefficient (Wildman–Crippen LogP) is 5.33. The van der Waals surface area contributed by atoms with E-state index in [9.17, 15) is 18.4 Å². The third-order valence-corrected chi connectivity index (χ3v) is 6.88. The molecular weight excluding hydrogens is 498 g/mol. The molecule has 0 saturated heterocycles. The highest BCUT2D eigenvalue weighted by atomic mass is 19.1. The van der Waals surface area contributed by atoms with Gasteiger partial charge in [0.15, 0.2) is 0 Å². The zero-order chi connectivity index (χ0) is 27.8. The first-order chi connectivity index (χ1) is 18.8. The number of halogens is 2. The molecule has 8 heteroatoms. The molecule has 0 N–H and O–H groups in total. The van der Waals surface area contributed by atoms with Crippen LogP contribution in [0.1, 0.15) is 48.2 Å². The van der Waals surface area contributed by atoms with E-state index in [2.05, 4.69) is 23.7 Å². The van der Waals surface area contributed by atoms with Crippen LogP contribution in [0.15, 0.2) is 67.0 Å². The highest BCUT2D eigenvalue weighted by Crippen LogP contribution is 2.27. The van der Waals surface area contributed by atoms with Gasteiger partial charge in [-0.05, 0) is 79.4 Å². The number of carbonyl (C=O) groups excluding carboxylic acids is 2. The Balaban J connectivity index is 1.70. The minimum absolute atomic E-state index is 0.0919. The number of amides is 2. The van der Waals surface area contributed by atoms with Crippen LogP contribution < -0.4 is 4.90 Å². The first-order valence-electron chi connectivity index (χ1n) is 13.6. The highest BCUT2D eigenvalue weighted by molar-refractivity contribution is 6.06. The maximum atomic E-state index is 14.5. The molecule has 0 radical (unpaired) electrons. The number of carbonyl (C=O) groups is 2. The van der Waals surface area contributed by atoms with Gasteiger partial charge in [-0.25, -0.2) is 8.78 Å². The van der Waals surface area contributed by atoms with Crippen LogP contribution in [0.4, 0.5) is 14.5 Å². The lowest BCUT2D eigenvalue weighted by Gasteiger charge is -2.32. The van der Waals surface area contributed by atoms with Gasteiger partial charge in [0.2, 0.25) is 5.91 Å².